The Kier molecular flexibility index (Phi) is 7.65. The summed E-state index contributed by atoms with van der Waals surface area (Å²) in [5.41, 5.74) is 6.68. The molecule has 0 radical (unpaired) electrons. The Bertz CT molecular complexity index is 826. The largest absolute Gasteiger partial charge is 0.341 e. The molecule has 0 saturated carbocycles. The van der Waals surface area contributed by atoms with Gasteiger partial charge in [0.1, 0.15) is 6.04 Å². The first-order valence-electron chi connectivity index (χ1n) is 9.00. The van der Waals surface area contributed by atoms with Crippen molar-refractivity contribution in [3.05, 3.63) is 75.8 Å². The number of nitrogens with two attached hydrogens (primary N) is 1. The number of carbonyl (C=O) groups excluding carboxylic acids is 2. The summed E-state index contributed by atoms with van der Waals surface area (Å²) in [4.78, 5) is 37.0. The zero-order valence-electron chi connectivity index (χ0n) is 15.7. The molecule has 2 aromatic carbocycles. The number of benzene rings is 2. The Morgan fingerprint density at radius 2 is 1.86 bits per heavy atom. The normalized spacial score (nSPS) is 11.5. The fourth-order valence-corrected chi connectivity index (χ4v) is 2.77. The maximum atomic E-state index is 12.7. The minimum atomic E-state index is -0.783. The summed E-state index contributed by atoms with van der Waals surface area (Å²) < 4.78 is 0. The van der Waals surface area contributed by atoms with Gasteiger partial charge in [-0.2, -0.15) is 0 Å². The number of nitrogens with zero attached hydrogens (tertiary/aromatic N) is 2. The molecule has 0 aliphatic carbocycles. The molecule has 8 nitrogen and oxygen atoms in total. The van der Waals surface area contributed by atoms with Gasteiger partial charge < -0.3 is 16.0 Å². The number of hydrogen-bond acceptors (Lipinski definition) is 5. The molecule has 8 heteroatoms. The van der Waals surface area contributed by atoms with E-state index in [9.17, 15) is 19.7 Å². The predicted molar refractivity (Wildman–Crippen MR) is 106 cm³/mol. The first-order chi connectivity index (χ1) is 13.4. The first kappa shape index (κ1) is 21.0. The van der Waals surface area contributed by atoms with Crippen LogP contribution in [0.1, 0.15) is 22.8 Å². The van der Waals surface area contributed by atoms with Crippen molar-refractivity contribution in [1.29, 1.82) is 0 Å². The second-order valence-corrected chi connectivity index (χ2v) is 6.35. The van der Waals surface area contributed by atoms with Crippen molar-refractivity contribution in [2.75, 3.05) is 19.6 Å². The van der Waals surface area contributed by atoms with Crippen molar-refractivity contribution in [2.24, 2.45) is 5.73 Å². The first-order valence-corrected chi connectivity index (χ1v) is 9.00. The molecule has 1 unspecified atom stereocenters. The molecule has 0 aliphatic heterocycles. The highest BCUT2D eigenvalue weighted by Gasteiger charge is 2.22. The van der Waals surface area contributed by atoms with Crippen LogP contribution in [0.5, 0.6) is 0 Å². The van der Waals surface area contributed by atoms with Crippen LogP contribution in [0.15, 0.2) is 54.6 Å². The van der Waals surface area contributed by atoms with E-state index in [-0.39, 0.29) is 17.2 Å². The number of carbonyl (C=O) groups is 2. The molecule has 0 heterocycles. The summed E-state index contributed by atoms with van der Waals surface area (Å²) in [5, 5.41) is 13.5. The fourth-order valence-electron chi connectivity index (χ4n) is 2.77. The topological polar surface area (TPSA) is 119 Å². The van der Waals surface area contributed by atoms with Gasteiger partial charge in [-0.15, -0.1) is 0 Å². The maximum Gasteiger partial charge on any atom is 0.270 e. The molecule has 1 atom stereocenters. The molecule has 28 heavy (non-hydrogen) atoms. The van der Waals surface area contributed by atoms with Gasteiger partial charge in [-0.1, -0.05) is 36.4 Å². The van der Waals surface area contributed by atoms with Crippen molar-refractivity contribution in [1.82, 2.24) is 10.2 Å². The van der Waals surface area contributed by atoms with Gasteiger partial charge in [-0.3, -0.25) is 19.7 Å². The van der Waals surface area contributed by atoms with Crippen molar-refractivity contribution in [3.8, 4) is 0 Å². The van der Waals surface area contributed by atoms with Gasteiger partial charge in [0.05, 0.1) is 4.92 Å². The molecular weight excluding hydrogens is 360 g/mol. The lowest BCUT2D eigenvalue weighted by Gasteiger charge is -2.26. The van der Waals surface area contributed by atoms with E-state index in [0.717, 1.165) is 5.56 Å². The predicted octanol–water partition coefficient (Wildman–Crippen LogP) is 1.74. The number of rotatable bonds is 9. The molecule has 2 rings (SSSR count). The Labute approximate surface area is 163 Å². The monoisotopic (exact) mass is 384 g/mol. The van der Waals surface area contributed by atoms with Gasteiger partial charge in [-0.05, 0) is 25.0 Å². The number of nitro benzene ring substituents is 1. The van der Waals surface area contributed by atoms with E-state index in [1.165, 1.54) is 24.3 Å². The van der Waals surface area contributed by atoms with E-state index in [0.29, 0.717) is 26.1 Å². The Morgan fingerprint density at radius 1 is 1.14 bits per heavy atom. The Balaban J connectivity index is 2.00. The van der Waals surface area contributed by atoms with Gasteiger partial charge in [-0.25, -0.2) is 0 Å². The van der Waals surface area contributed by atoms with Gasteiger partial charge in [0, 0.05) is 37.3 Å². The van der Waals surface area contributed by atoms with Crippen LogP contribution in [0.25, 0.3) is 0 Å². The number of amides is 2. The van der Waals surface area contributed by atoms with E-state index < -0.39 is 16.9 Å². The summed E-state index contributed by atoms with van der Waals surface area (Å²) in [6, 6.07) is 14.4. The molecule has 0 fully saturated rings. The highest BCUT2D eigenvalue weighted by atomic mass is 16.6. The quantitative estimate of drug-likeness (QED) is 0.504. The van der Waals surface area contributed by atoms with Gasteiger partial charge in [0.15, 0.2) is 0 Å². The Hall–Kier alpha value is -3.26. The minimum absolute atomic E-state index is 0.128. The highest BCUT2D eigenvalue weighted by molar-refractivity contribution is 5.97. The lowest BCUT2D eigenvalue weighted by molar-refractivity contribution is -0.384. The highest BCUT2D eigenvalue weighted by Crippen LogP contribution is 2.13. The minimum Gasteiger partial charge on any atom is -0.341 e. The molecule has 2 amide bonds. The molecule has 0 saturated heterocycles. The van der Waals surface area contributed by atoms with Gasteiger partial charge in [0.25, 0.3) is 11.6 Å². The molecule has 3 N–H and O–H groups in total. The van der Waals surface area contributed by atoms with Crippen LogP contribution in [0.3, 0.4) is 0 Å². The van der Waals surface area contributed by atoms with Crippen LogP contribution >= 0.6 is 0 Å². The third-order valence-electron chi connectivity index (χ3n) is 4.26. The van der Waals surface area contributed by atoms with Crippen LogP contribution in [-0.4, -0.2) is 47.3 Å². The van der Waals surface area contributed by atoms with Crippen molar-refractivity contribution >= 4 is 17.5 Å². The molecular formula is C20H24N4O4. The Morgan fingerprint density at radius 3 is 2.50 bits per heavy atom. The zero-order valence-corrected chi connectivity index (χ0v) is 15.7. The van der Waals surface area contributed by atoms with Gasteiger partial charge in [0.2, 0.25) is 5.91 Å². The molecule has 0 aromatic heterocycles. The van der Waals surface area contributed by atoms with E-state index >= 15 is 0 Å². The lowest BCUT2D eigenvalue weighted by atomic mass is 10.1. The molecule has 2 aromatic rings. The van der Waals surface area contributed by atoms with Crippen LogP contribution in [-0.2, 0) is 11.2 Å². The van der Waals surface area contributed by atoms with E-state index in [2.05, 4.69) is 5.32 Å². The summed E-state index contributed by atoms with van der Waals surface area (Å²) >= 11 is 0. The molecule has 148 valence electrons. The summed E-state index contributed by atoms with van der Waals surface area (Å²) in [6.07, 6.45) is 0.679. The van der Waals surface area contributed by atoms with E-state index in [1.54, 1.807) is 11.8 Å². The summed E-state index contributed by atoms with van der Waals surface area (Å²) in [6.45, 7) is 2.76. The third kappa shape index (κ3) is 5.88. The molecule has 0 spiro atoms. The average molecular weight is 384 g/mol. The van der Waals surface area contributed by atoms with Crippen molar-refractivity contribution < 1.29 is 14.5 Å². The zero-order chi connectivity index (χ0) is 20.5. The number of nitro groups is 1. The standard InChI is InChI=1S/C20H24N4O4/c1-15(22-19(25)17-8-5-9-18(14-17)24(27)28)20(26)23(13-11-21)12-10-16-6-3-2-4-7-16/h2-9,14-15H,10-13,21H2,1H3,(H,22,25). The van der Waals surface area contributed by atoms with Crippen LogP contribution in [0, 0.1) is 10.1 Å². The van der Waals surface area contributed by atoms with Crippen molar-refractivity contribution in [3.63, 3.8) is 0 Å². The van der Waals surface area contributed by atoms with Gasteiger partial charge >= 0.3 is 0 Å². The smallest absolute Gasteiger partial charge is 0.270 e. The van der Waals surface area contributed by atoms with E-state index in [1.807, 2.05) is 30.3 Å². The lowest BCUT2D eigenvalue weighted by Crippen LogP contribution is -2.48. The fraction of sp³-hybridized carbons (Fsp3) is 0.300. The number of hydrogen-bond donors (Lipinski definition) is 2. The van der Waals surface area contributed by atoms with Crippen LogP contribution in [0.2, 0.25) is 0 Å². The summed E-state index contributed by atoms with van der Waals surface area (Å²) in [5.74, 6) is -0.791. The molecule has 0 aliphatic rings. The van der Waals surface area contributed by atoms with E-state index in [4.69, 9.17) is 5.73 Å². The average Bonchev–Trinajstić information content (AvgIpc) is 2.71. The summed E-state index contributed by atoms with van der Waals surface area (Å²) in [7, 11) is 0. The maximum absolute atomic E-state index is 12.7. The SMILES string of the molecule is CC(NC(=O)c1cccc([N+](=O)[O-])c1)C(=O)N(CCN)CCc1ccccc1. The third-order valence-corrected chi connectivity index (χ3v) is 4.26. The van der Waals surface area contributed by atoms with Crippen molar-refractivity contribution in [2.45, 2.75) is 19.4 Å². The number of non-ortho nitro benzene ring substituents is 1. The van der Waals surface area contributed by atoms with Crippen LogP contribution < -0.4 is 11.1 Å². The number of nitrogens with one attached hydrogen (secondary N) is 1. The second kappa shape index (κ2) is 10.2. The molecule has 0 bridgehead atoms. The van der Waals surface area contributed by atoms with Crippen LogP contribution in [0.4, 0.5) is 5.69 Å². The second-order valence-electron chi connectivity index (χ2n) is 6.35.